The zero-order valence-electron chi connectivity index (χ0n) is 8.65. The largest absolute Gasteiger partial charge is 0.478 e. The molecule has 0 amide bonds. The minimum absolute atomic E-state index is 0.269. The Labute approximate surface area is 116 Å². The highest BCUT2D eigenvalue weighted by Gasteiger charge is 2.12. The molecule has 2 rings (SSSR count). The fourth-order valence-corrected chi connectivity index (χ4v) is 2.48. The van der Waals surface area contributed by atoms with Gasteiger partial charge in [0.05, 0.1) is 5.56 Å². The molecular weight excluding hydrogens is 348 g/mol. The van der Waals surface area contributed by atoms with Gasteiger partial charge in [-0.05, 0) is 45.3 Å². The van der Waals surface area contributed by atoms with Crippen molar-refractivity contribution in [3.8, 4) is 11.1 Å². The smallest absolute Gasteiger partial charge is 0.336 e. The summed E-state index contributed by atoms with van der Waals surface area (Å²) in [6.45, 7) is 0. The van der Waals surface area contributed by atoms with Crippen LogP contribution in [0, 0.1) is 0 Å². The van der Waals surface area contributed by atoms with Gasteiger partial charge in [0.15, 0.2) is 0 Å². The van der Waals surface area contributed by atoms with E-state index in [-0.39, 0.29) is 5.56 Å². The summed E-state index contributed by atoms with van der Waals surface area (Å²) < 4.78 is 1.60. The highest BCUT2D eigenvalue weighted by Crippen LogP contribution is 2.31. The van der Waals surface area contributed by atoms with E-state index in [2.05, 4.69) is 31.9 Å². The molecule has 0 bridgehead atoms. The Balaban J connectivity index is 2.56. The minimum Gasteiger partial charge on any atom is -0.478 e. The molecule has 17 heavy (non-hydrogen) atoms. The molecule has 0 aliphatic carbocycles. The van der Waals surface area contributed by atoms with Crippen molar-refractivity contribution in [1.29, 1.82) is 0 Å². The van der Waals surface area contributed by atoms with E-state index in [4.69, 9.17) is 5.11 Å². The van der Waals surface area contributed by atoms with Gasteiger partial charge in [0.25, 0.3) is 0 Å². The number of carboxylic acids is 1. The van der Waals surface area contributed by atoms with E-state index < -0.39 is 5.97 Å². The quantitative estimate of drug-likeness (QED) is 0.856. The van der Waals surface area contributed by atoms with E-state index in [1.807, 2.05) is 30.3 Å². The van der Waals surface area contributed by atoms with E-state index in [0.717, 1.165) is 15.6 Å². The summed E-state index contributed by atoms with van der Waals surface area (Å²) in [4.78, 5) is 11.0. The fourth-order valence-electron chi connectivity index (χ4n) is 1.55. The molecule has 0 spiro atoms. The van der Waals surface area contributed by atoms with Crippen LogP contribution in [-0.4, -0.2) is 11.1 Å². The van der Waals surface area contributed by atoms with Gasteiger partial charge in [-0.2, -0.15) is 0 Å². The molecule has 0 radical (unpaired) electrons. The molecule has 0 aromatic heterocycles. The van der Waals surface area contributed by atoms with Crippen LogP contribution in [0.1, 0.15) is 10.4 Å². The second kappa shape index (κ2) is 5.02. The third-order valence-corrected chi connectivity index (χ3v) is 3.77. The summed E-state index contributed by atoms with van der Waals surface area (Å²) in [5.74, 6) is -0.934. The van der Waals surface area contributed by atoms with Crippen LogP contribution in [0.25, 0.3) is 11.1 Å². The Hall–Kier alpha value is -1.13. The fraction of sp³-hybridized carbons (Fsp3) is 0. The first-order chi connectivity index (χ1) is 8.09. The van der Waals surface area contributed by atoms with Crippen molar-refractivity contribution in [2.75, 3.05) is 0 Å². The topological polar surface area (TPSA) is 37.3 Å². The molecule has 0 aliphatic rings. The predicted molar refractivity (Wildman–Crippen MR) is 74.2 cm³/mol. The maximum Gasteiger partial charge on any atom is 0.336 e. The average molecular weight is 356 g/mol. The van der Waals surface area contributed by atoms with Gasteiger partial charge in [0.1, 0.15) is 0 Å². The van der Waals surface area contributed by atoms with Crippen LogP contribution in [-0.2, 0) is 0 Å². The van der Waals surface area contributed by atoms with Gasteiger partial charge >= 0.3 is 5.97 Å². The van der Waals surface area contributed by atoms with Crippen LogP contribution in [0.3, 0.4) is 0 Å². The number of carbonyl (C=O) groups is 1. The van der Waals surface area contributed by atoms with E-state index >= 15 is 0 Å². The normalized spacial score (nSPS) is 10.2. The highest BCUT2D eigenvalue weighted by atomic mass is 79.9. The minimum atomic E-state index is -0.934. The van der Waals surface area contributed by atoms with Gasteiger partial charge in [-0.1, -0.05) is 40.2 Å². The summed E-state index contributed by atoms with van der Waals surface area (Å²) >= 11 is 6.71. The molecule has 0 unspecified atom stereocenters. The second-order valence-electron chi connectivity index (χ2n) is 3.48. The van der Waals surface area contributed by atoms with Crippen LogP contribution in [0.5, 0.6) is 0 Å². The van der Waals surface area contributed by atoms with Gasteiger partial charge in [-0.15, -0.1) is 0 Å². The van der Waals surface area contributed by atoms with Gasteiger partial charge < -0.3 is 5.11 Å². The van der Waals surface area contributed by atoms with Gasteiger partial charge in [0.2, 0.25) is 0 Å². The summed E-state index contributed by atoms with van der Waals surface area (Å²) in [5, 5.41) is 9.04. The molecule has 0 saturated carbocycles. The van der Waals surface area contributed by atoms with Gasteiger partial charge in [-0.3, -0.25) is 0 Å². The Morgan fingerprint density at radius 1 is 1.00 bits per heavy atom. The van der Waals surface area contributed by atoms with Crippen molar-refractivity contribution in [2.24, 2.45) is 0 Å². The summed E-state index contributed by atoms with van der Waals surface area (Å²) in [7, 11) is 0. The average Bonchev–Trinajstić information content (AvgIpc) is 2.30. The SMILES string of the molecule is O=C(O)c1cccc(-c2ccc(Br)cc2)c1Br. The molecule has 0 fully saturated rings. The van der Waals surface area contributed by atoms with Crippen LogP contribution in [0.2, 0.25) is 0 Å². The van der Waals surface area contributed by atoms with Gasteiger partial charge in [-0.25, -0.2) is 4.79 Å². The number of carboxylic acid groups (broad SMARTS) is 1. The summed E-state index contributed by atoms with van der Waals surface area (Å²) in [6, 6.07) is 12.9. The monoisotopic (exact) mass is 354 g/mol. The van der Waals surface area contributed by atoms with Crippen LogP contribution < -0.4 is 0 Å². The molecule has 2 aromatic carbocycles. The molecule has 0 aliphatic heterocycles. The number of aromatic carboxylic acids is 1. The molecular formula is C13H8Br2O2. The molecule has 1 N–H and O–H groups in total. The number of benzene rings is 2. The lowest BCUT2D eigenvalue weighted by Gasteiger charge is -2.07. The first kappa shape index (κ1) is 12.3. The number of hydrogen-bond donors (Lipinski definition) is 1. The second-order valence-corrected chi connectivity index (χ2v) is 5.19. The third-order valence-electron chi connectivity index (χ3n) is 2.38. The maximum atomic E-state index is 11.0. The van der Waals surface area contributed by atoms with Crippen molar-refractivity contribution in [3.05, 3.63) is 57.0 Å². The Bertz CT molecular complexity index is 562. The van der Waals surface area contributed by atoms with E-state index in [1.54, 1.807) is 12.1 Å². The van der Waals surface area contributed by atoms with Crippen molar-refractivity contribution < 1.29 is 9.90 Å². The number of hydrogen-bond acceptors (Lipinski definition) is 1. The third kappa shape index (κ3) is 2.58. The summed E-state index contributed by atoms with van der Waals surface area (Å²) in [5.41, 5.74) is 2.12. The lowest BCUT2D eigenvalue weighted by molar-refractivity contribution is 0.0696. The lowest BCUT2D eigenvalue weighted by atomic mass is 10.0. The van der Waals surface area contributed by atoms with E-state index in [9.17, 15) is 4.79 Å². The Kier molecular flexibility index (Phi) is 3.64. The standard InChI is InChI=1S/C13H8Br2O2/c14-9-6-4-8(5-7-9)10-2-1-3-11(12(10)15)13(16)17/h1-7H,(H,16,17). The van der Waals surface area contributed by atoms with E-state index in [1.165, 1.54) is 0 Å². The Morgan fingerprint density at radius 2 is 1.65 bits per heavy atom. The van der Waals surface area contributed by atoms with Gasteiger partial charge in [0, 0.05) is 8.95 Å². The summed E-state index contributed by atoms with van der Waals surface area (Å²) in [6.07, 6.45) is 0. The molecule has 2 aromatic rings. The van der Waals surface area contributed by atoms with Crippen LogP contribution in [0.4, 0.5) is 0 Å². The van der Waals surface area contributed by atoms with Crippen LogP contribution in [0.15, 0.2) is 51.4 Å². The number of halogens is 2. The van der Waals surface area contributed by atoms with Crippen LogP contribution >= 0.6 is 31.9 Å². The Morgan fingerprint density at radius 3 is 2.24 bits per heavy atom. The van der Waals surface area contributed by atoms with Crippen molar-refractivity contribution in [2.45, 2.75) is 0 Å². The first-order valence-corrected chi connectivity index (χ1v) is 6.46. The zero-order chi connectivity index (χ0) is 12.4. The molecule has 4 heteroatoms. The van der Waals surface area contributed by atoms with Crippen molar-refractivity contribution in [3.63, 3.8) is 0 Å². The van der Waals surface area contributed by atoms with E-state index in [0.29, 0.717) is 4.47 Å². The number of rotatable bonds is 2. The van der Waals surface area contributed by atoms with Crippen molar-refractivity contribution >= 4 is 37.8 Å². The maximum absolute atomic E-state index is 11.0. The van der Waals surface area contributed by atoms with Crippen molar-refractivity contribution in [1.82, 2.24) is 0 Å². The lowest BCUT2D eigenvalue weighted by Crippen LogP contribution is -1.98. The molecule has 0 heterocycles. The molecule has 0 saturated heterocycles. The molecule has 86 valence electrons. The highest BCUT2D eigenvalue weighted by molar-refractivity contribution is 9.11. The predicted octanol–water partition coefficient (Wildman–Crippen LogP) is 4.58. The first-order valence-electron chi connectivity index (χ1n) is 4.87. The molecule has 2 nitrogen and oxygen atoms in total. The molecule has 0 atom stereocenters. The zero-order valence-corrected chi connectivity index (χ0v) is 11.8.